The lowest BCUT2D eigenvalue weighted by Gasteiger charge is -2.27. The zero-order valence-electron chi connectivity index (χ0n) is 11.0. The van der Waals surface area contributed by atoms with Gasteiger partial charge in [-0.15, -0.1) is 0 Å². The van der Waals surface area contributed by atoms with Crippen molar-refractivity contribution in [3.63, 3.8) is 0 Å². The smallest absolute Gasteiger partial charge is 0.252 e. The van der Waals surface area contributed by atoms with Crippen LogP contribution >= 0.6 is 0 Å². The molecule has 1 fully saturated rings. The average Bonchev–Trinajstić information content (AvgIpc) is 2.86. The second-order valence-corrected chi connectivity index (χ2v) is 4.65. The quantitative estimate of drug-likeness (QED) is 0.819. The molecule has 1 aliphatic heterocycles. The van der Waals surface area contributed by atoms with Crippen LogP contribution in [0.2, 0.25) is 0 Å². The third-order valence-corrected chi connectivity index (χ3v) is 3.15. The molecule has 2 N–H and O–H groups in total. The lowest BCUT2D eigenvalue weighted by atomic mass is 10.1. The standard InChI is InChI=1S/C12H22N4O2/c1-2-17-9-11-14-12(15-18-11)10(13)8-16-6-4-3-5-7-16/h10H,2-9,13H2,1H3. The van der Waals surface area contributed by atoms with E-state index in [4.69, 9.17) is 15.0 Å². The molecule has 6 heteroatoms. The number of hydrogen-bond donors (Lipinski definition) is 1. The Hall–Kier alpha value is -0.980. The number of hydrogen-bond acceptors (Lipinski definition) is 6. The van der Waals surface area contributed by atoms with Crippen molar-refractivity contribution in [1.29, 1.82) is 0 Å². The first kappa shape index (κ1) is 13.5. The molecule has 2 heterocycles. The highest BCUT2D eigenvalue weighted by Crippen LogP contribution is 2.13. The van der Waals surface area contributed by atoms with Crippen LogP contribution in [-0.2, 0) is 11.3 Å². The lowest BCUT2D eigenvalue weighted by molar-refractivity contribution is 0.109. The normalized spacial score (nSPS) is 19.0. The zero-order chi connectivity index (χ0) is 12.8. The number of rotatable bonds is 6. The number of likely N-dealkylation sites (tertiary alicyclic amines) is 1. The van der Waals surface area contributed by atoms with Gasteiger partial charge in [0, 0.05) is 13.2 Å². The predicted molar refractivity (Wildman–Crippen MR) is 66.8 cm³/mol. The van der Waals surface area contributed by atoms with Crippen molar-refractivity contribution >= 4 is 0 Å². The molecule has 0 aliphatic carbocycles. The number of ether oxygens (including phenoxy) is 1. The van der Waals surface area contributed by atoms with Crippen molar-refractivity contribution in [3.8, 4) is 0 Å². The molecule has 0 aromatic carbocycles. The van der Waals surface area contributed by atoms with E-state index in [0.29, 0.717) is 24.9 Å². The maximum absolute atomic E-state index is 6.10. The van der Waals surface area contributed by atoms with Gasteiger partial charge in [0.1, 0.15) is 6.61 Å². The van der Waals surface area contributed by atoms with Gasteiger partial charge in [-0.25, -0.2) is 0 Å². The first-order chi connectivity index (χ1) is 8.79. The van der Waals surface area contributed by atoms with Gasteiger partial charge in [0.25, 0.3) is 5.89 Å². The molecule has 0 bridgehead atoms. The molecule has 102 valence electrons. The first-order valence-electron chi connectivity index (χ1n) is 6.67. The fourth-order valence-corrected chi connectivity index (χ4v) is 2.17. The van der Waals surface area contributed by atoms with Crippen LogP contribution in [0.25, 0.3) is 0 Å². The van der Waals surface area contributed by atoms with E-state index >= 15 is 0 Å². The van der Waals surface area contributed by atoms with Crippen LogP contribution in [0.1, 0.15) is 43.9 Å². The number of piperidine rings is 1. The predicted octanol–water partition coefficient (Wildman–Crippen LogP) is 1.09. The van der Waals surface area contributed by atoms with Crippen molar-refractivity contribution < 1.29 is 9.26 Å². The van der Waals surface area contributed by atoms with Gasteiger partial charge in [0.05, 0.1) is 6.04 Å². The Morgan fingerprint density at radius 2 is 2.17 bits per heavy atom. The molecule has 1 aromatic heterocycles. The Balaban J connectivity index is 1.83. The van der Waals surface area contributed by atoms with Gasteiger partial charge in [0.2, 0.25) is 0 Å². The summed E-state index contributed by atoms with van der Waals surface area (Å²) >= 11 is 0. The van der Waals surface area contributed by atoms with Crippen LogP contribution in [0, 0.1) is 0 Å². The summed E-state index contributed by atoms with van der Waals surface area (Å²) in [5.41, 5.74) is 6.10. The van der Waals surface area contributed by atoms with Crippen molar-refractivity contribution in [1.82, 2.24) is 15.0 Å². The van der Waals surface area contributed by atoms with Crippen molar-refractivity contribution in [2.75, 3.05) is 26.2 Å². The summed E-state index contributed by atoms with van der Waals surface area (Å²) < 4.78 is 10.3. The Bertz CT molecular complexity index is 350. The summed E-state index contributed by atoms with van der Waals surface area (Å²) in [6.07, 6.45) is 3.84. The average molecular weight is 254 g/mol. The van der Waals surface area contributed by atoms with E-state index in [1.807, 2.05) is 6.92 Å². The highest BCUT2D eigenvalue weighted by Gasteiger charge is 2.19. The molecule has 1 saturated heterocycles. The Morgan fingerprint density at radius 3 is 2.89 bits per heavy atom. The molecule has 1 atom stereocenters. The summed E-state index contributed by atoms with van der Waals surface area (Å²) in [5, 5.41) is 3.92. The molecule has 0 spiro atoms. The van der Waals surface area contributed by atoms with Crippen LogP contribution in [0.15, 0.2) is 4.52 Å². The van der Waals surface area contributed by atoms with E-state index in [2.05, 4.69) is 15.0 Å². The lowest BCUT2D eigenvalue weighted by Crippen LogP contribution is -2.36. The largest absolute Gasteiger partial charge is 0.372 e. The van der Waals surface area contributed by atoms with Gasteiger partial charge in [-0.2, -0.15) is 4.98 Å². The van der Waals surface area contributed by atoms with Gasteiger partial charge in [-0.1, -0.05) is 11.6 Å². The minimum absolute atomic E-state index is 0.178. The summed E-state index contributed by atoms with van der Waals surface area (Å²) in [6, 6.07) is -0.178. The second kappa shape index (κ2) is 6.82. The van der Waals surface area contributed by atoms with E-state index in [-0.39, 0.29) is 6.04 Å². The SMILES string of the molecule is CCOCc1nc(C(N)CN2CCCCC2)no1. The molecule has 0 saturated carbocycles. The zero-order valence-corrected chi connectivity index (χ0v) is 11.0. The van der Waals surface area contributed by atoms with E-state index in [1.165, 1.54) is 19.3 Å². The Morgan fingerprint density at radius 1 is 1.39 bits per heavy atom. The van der Waals surface area contributed by atoms with Gasteiger partial charge in [-0.3, -0.25) is 0 Å². The molecule has 1 aromatic rings. The topological polar surface area (TPSA) is 77.4 Å². The van der Waals surface area contributed by atoms with Crippen molar-refractivity contribution in [3.05, 3.63) is 11.7 Å². The van der Waals surface area contributed by atoms with Crippen molar-refractivity contribution in [2.24, 2.45) is 5.73 Å². The highest BCUT2D eigenvalue weighted by molar-refractivity contribution is 4.93. The number of nitrogens with two attached hydrogens (primary N) is 1. The number of nitrogens with zero attached hydrogens (tertiary/aromatic N) is 3. The second-order valence-electron chi connectivity index (χ2n) is 4.65. The fraction of sp³-hybridized carbons (Fsp3) is 0.833. The van der Waals surface area contributed by atoms with Gasteiger partial charge in [-0.05, 0) is 32.9 Å². The molecular formula is C12H22N4O2. The summed E-state index contributed by atoms with van der Waals surface area (Å²) in [5.74, 6) is 1.08. The minimum Gasteiger partial charge on any atom is -0.372 e. The summed E-state index contributed by atoms with van der Waals surface area (Å²) in [4.78, 5) is 6.63. The van der Waals surface area contributed by atoms with Crippen LogP contribution in [0.4, 0.5) is 0 Å². The molecular weight excluding hydrogens is 232 g/mol. The van der Waals surface area contributed by atoms with E-state index < -0.39 is 0 Å². The number of aromatic nitrogens is 2. The first-order valence-corrected chi connectivity index (χ1v) is 6.67. The van der Waals surface area contributed by atoms with Crippen LogP contribution < -0.4 is 5.73 Å². The van der Waals surface area contributed by atoms with Crippen LogP contribution in [0.3, 0.4) is 0 Å². The van der Waals surface area contributed by atoms with Crippen LogP contribution in [-0.4, -0.2) is 41.3 Å². The molecule has 2 rings (SSSR count). The molecule has 0 radical (unpaired) electrons. The maximum Gasteiger partial charge on any atom is 0.252 e. The summed E-state index contributed by atoms with van der Waals surface area (Å²) in [7, 11) is 0. The van der Waals surface area contributed by atoms with E-state index in [9.17, 15) is 0 Å². The molecule has 1 unspecified atom stereocenters. The fourth-order valence-electron chi connectivity index (χ4n) is 2.17. The van der Waals surface area contributed by atoms with Gasteiger partial charge < -0.3 is 19.9 Å². The van der Waals surface area contributed by atoms with Crippen molar-refractivity contribution in [2.45, 2.75) is 38.8 Å². The molecule has 6 nitrogen and oxygen atoms in total. The third-order valence-electron chi connectivity index (χ3n) is 3.15. The highest BCUT2D eigenvalue weighted by atomic mass is 16.5. The van der Waals surface area contributed by atoms with Crippen LogP contribution in [0.5, 0.6) is 0 Å². The molecule has 18 heavy (non-hydrogen) atoms. The minimum atomic E-state index is -0.178. The summed E-state index contributed by atoms with van der Waals surface area (Å²) in [6.45, 7) is 5.97. The Kier molecular flexibility index (Phi) is 5.10. The monoisotopic (exact) mass is 254 g/mol. The third kappa shape index (κ3) is 3.76. The molecule has 0 amide bonds. The Labute approximate surface area is 107 Å². The van der Waals surface area contributed by atoms with Gasteiger partial charge in [0.15, 0.2) is 5.82 Å². The maximum atomic E-state index is 6.10. The van der Waals surface area contributed by atoms with E-state index in [0.717, 1.165) is 19.6 Å². The van der Waals surface area contributed by atoms with E-state index in [1.54, 1.807) is 0 Å². The van der Waals surface area contributed by atoms with Gasteiger partial charge >= 0.3 is 0 Å². The molecule has 1 aliphatic rings.